The van der Waals surface area contributed by atoms with E-state index in [2.05, 4.69) is 0 Å². The molecule has 0 amide bonds. The number of rotatable bonds is 9. The fraction of sp³-hybridized carbons (Fsp3) is 0.571. The van der Waals surface area contributed by atoms with Crippen LogP contribution in [0.2, 0.25) is 5.02 Å². The fourth-order valence-corrected chi connectivity index (χ4v) is 4.02. The number of halogens is 2. The van der Waals surface area contributed by atoms with E-state index in [4.69, 9.17) is 31.3 Å². The third-order valence-corrected chi connectivity index (χ3v) is 6.23. The quantitative estimate of drug-likeness (QED) is 0.410. The Labute approximate surface area is 135 Å². The monoisotopic (exact) mass is 353 g/mol. The zero-order valence-corrected chi connectivity index (χ0v) is 14.6. The van der Waals surface area contributed by atoms with E-state index in [1.165, 1.54) is 13.2 Å². The molecular formula is C14H22ClFNO4P. The first-order valence-electron chi connectivity index (χ1n) is 6.97. The van der Waals surface area contributed by atoms with Crippen molar-refractivity contribution in [1.29, 1.82) is 0 Å². The van der Waals surface area contributed by atoms with E-state index in [-0.39, 0.29) is 23.1 Å². The van der Waals surface area contributed by atoms with E-state index in [1.54, 1.807) is 6.92 Å². The standard InChI is InChI=1S/C14H22ClFNO4P/c1-4-7-22(18,20-6-5-19-3)10(2)21-14-9-13(17)12(16)8-11(14)15/h8-10H,4-7,17H2,1-3H3. The number of anilines is 1. The molecule has 0 aliphatic rings. The summed E-state index contributed by atoms with van der Waals surface area (Å²) in [4.78, 5) is 0. The Morgan fingerprint density at radius 2 is 2.09 bits per heavy atom. The molecule has 1 rings (SSSR count). The Balaban J connectivity index is 2.89. The number of benzene rings is 1. The van der Waals surface area contributed by atoms with Gasteiger partial charge in [0.15, 0.2) is 5.85 Å². The Kier molecular flexibility index (Phi) is 7.63. The number of nitrogen functional groups attached to an aromatic ring is 1. The molecule has 0 saturated carbocycles. The van der Waals surface area contributed by atoms with Crippen molar-refractivity contribution in [3.05, 3.63) is 23.0 Å². The van der Waals surface area contributed by atoms with Gasteiger partial charge in [0.05, 0.1) is 23.9 Å². The number of ether oxygens (including phenoxy) is 2. The molecule has 126 valence electrons. The lowest BCUT2D eigenvalue weighted by atomic mass is 10.3. The van der Waals surface area contributed by atoms with E-state index in [0.717, 1.165) is 6.07 Å². The highest BCUT2D eigenvalue weighted by molar-refractivity contribution is 7.59. The molecule has 2 atom stereocenters. The SMILES string of the molecule is CCCP(=O)(OCCOC)C(C)Oc1cc(N)c(F)cc1Cl. The van der Waals surface area contributed by atoms with E-state index < -0.39 is 19.0 Å². The third kappa shape index (κ3) is 5.13. The molecule has 0 aliphatic heterocycles. The average molecular weight is 354 g/mol. The zero-order chi connectivity index (χ0) is 16.8. The molecule has 0 aromatic heterocycles. The van der Waals surface area contributed by atoms with E-state index in [9.17, 15) is 8.96 Å². The number of nitrogens with two attached hydrogens (primary N) is 1. The van der Waals surface area contributed by atoms with Crippen LogP contribution in [-0.4, -0.2) is 32.3 Å². The highest BCUT2D eigenvalue weighted by Gasteiger charge is 2.32. The van der Waals surface area contributed by atoms with Crippen molar-refractivity contribution in [1.82, 2.24) is 0 Å². The minimum Gasteiger partial charge on any atom is -0.479 e. The molecule has 22 heavy (non-hydrogen) atoms. The summed E-state index contributed by atoms with van der Waals surface area (Å²) in [5.41, 5.74) is 5.41. The molecule has 0 bridgehead atoms. The maximum Gasteiger partial charge on any atom is 0.242 e. The highest BCUT2D eigenvalue weighted by Crippen LogP contribution is 2.53. The molecule has 1 aromatic rings. The zero-order valence-electron chi connectivity index (χ0n) is 13.0. The smallest absolute Gasteiger partial charge is 0.242 e. The molecular weight excluding hydrogens is 332 g/mol. The van der Waals surface area contributed by atoms with Crippen molar-refractivity contribution in [2.75, 3.05) is 32.2 Å². The van der Waals surface area contributed by atoms with Crippen molar-refractivity contribution >= 4 is 24.7 Å². The summed E-state index contributed by atoms with van der Waals surface area (Å²) in [6.07, 6.45) is 1.05. The van der Waals surface area contributed by atoms with Gasteiger partial charge in [-0.15, -0.1) is 0 Å². The summed E-state index contributed by atoms with van der Waals surface area (Å²) in [6.45, 7) is 4.09. The van der Waals surface area contributed by atoms with Gasteiger partial charge in [0.1, 0.15) is 11.6 Å². The van der Waals surface area contributed by atoms with Crippen LogP contribution in [-0.2, 0) is 13.8 Å². The lowest BCUT2D eigenvalue weighted by Gasteiger charge is -2.25. The molecule has 1 aromatic carbocycles. The Morgan fingerprint density at radius 1 is 1.41 bits per heavy atom. The number of methoxy groups -OCH3 is 1. The summed E-state index contributed by atoms with van der Waals surface area (Å²) < 4.78 is 42.2. The first-order chi connectivity index (χ1) is 10.3. The van der Waals surface area contributed by atoms with Crippen LogP contribution < -0.4 is 10.5 Å². The van der Waals surface area contributed by atoms with Crippen molar-refractivity contribution in [2.45, 2.75) is 26.1 Å². The van der Waals surface area contributed by atoms with Crippen LogP contribution in [0.4, 0.5) is 10.1 Å². The molecule has 5 nitrogen and oxygen atoms in total. The van der Waals surface area contributed by atoms with E-state index >= 15 is 0 Å². The van der Waals surface area contributed by atoms with Gasteiger partial charge in [0.25, 0.3) is 0 Å². The summed E-state index contributed by atoms with van der Waals surface area (Å²) in [7, 11) is -1.51. The van der Waals surface area contributed by atoms with Crippen LogP contribution in [0.1, 0.15) is 20.3 Å². The maximum atomic E-state index is 13.3. The maximum absolute atomic E-state index is 13.3. The van der Waals surface area contributed by atoms with Gasteiger partial charge in [-0.25, -0.2) is 4.39 Å². The van der Waals surface area contributed by atoms with Gasteiger partial charge in [0, 0.05) is 19.3 Å². The summed E-state index contributed by atoms with van der Waals surface area (Å²) in [5.74, 6) is -1.18. The van der Waals surface area contributed by atoms with Crippen LogP contribution in [0, 0.1) is 5.82 Å². The molecule has 2 N–H and O–H groups in total. The third-order valence-electron chi connectivity index (χ3n) is 3.04. The predicted octanol–water partition coefficient (Wildman–Crippen LogP) is 4.14. The van der Waals surface area contributed by atoms with Crippen molar-refractivity contribution in [3.63, 3.8) is 0 Å². The van der Waals surface area contributed by atoms with Gasteiger partial charge in [-0.2, -0.15) is 0 Å². The van der Waals surface area contributed by atoms with Gasteiger partial charge in [-0.1, -0.05) is 18.5 Å². The van der Waals surface area contributed by atoms with Gasteiger partial charge in [0.2, 0.25) is 7.37 Å². The highest BCUT2D eigenvalue weighted by atomic mass is 35.5. The molecule has 8 heteroatoms. The summed E-state index contributed by atoms with van der Waals surface area (Å²) in [5, 5.41) is 0.0680. The van der Waals surface area contributed by atoms with Gasteiger partial charge in [-0.05, 0) is 19.4 Å². The largest absolute Gasteiger partial charge is 0.479 e. The van der Waals surface area contributed by atoms with Crippen LogP contribution in [0.25, 0.3) is 0 Å². The van der Waals surface area contributed by atoms with Crippen LogP contribution >= 0.6 is 19.0 Å². The van der Waals surface area contributed by atoms with Crippen LogP contribution in [0.3, 0.4) is 0 Å². The first kappa shape index (κ1) is 19.2. The van der Waals surface area contributed by atoms with Crippen molar-refractivity contribution in [2.24, 2.45) is 0 Å². The second-order valence-electron chi connectivity index (χ2n) is 4.80. The second-order valence-corrected chi connectivity index (χ2v) is 8.09. The average Bonchev–Trinajstić information content (AvgIpc) is 2.45. The molecule has 0 heterocycles. The normalized spacial score (nSPS) is 15.3. The van der Waals surface area contributed by atoms with E-state index in [0.29, 0.717) is 19.2 Å². The number of hydrogen-bond acceptors (Lipinski definition) is 5. The summed E-state index contributed by atoms with van der Waals surface area (Å²) >= 11 is 5.93. The fourth-order valence-electron chi connectivity index (χ4n) is 1.84. The molecule has 0 saturated heterocycles. The molecule has 2 unspecified atom stereocenters. The number of hydrogen-bond donors (Lipinski definition) is 1. The van der Waals surface area contributed by atoms with Gasteiger partial charge >= 0.3 is 0 Å². The Hall–Kier alpha value is -0.810. The molecule has 0 aliphatic carbocycles. The second kappa shape index (κ2) is 8.73. The minimum absolute atomic E-state index is 0.0680. The molecule has 0 spiro atoms. The first-order valence-corrected chi connectivity index (χ1v) is 9.23. The van der Waals surface area contributed by atoms with Crippen molar-refractivity contribution < 1.29 is 23.0 Å². The molecule has 0 radical (unpaired) electrons. The Bertz CT molecular complexity index is 544. The van der Waals surface area contributed by atoms with Crippen molar-refractivity contribution in [3.8, 4) is 5.75 Å². The van der Waals surface area contributed by atoms with Crippen LogP contribution in [0.5, 0.6) is 5.75 Å². The predicted molar refractivity (Wildman–Crippen MR) is 86.5 cm³/mol. The molecule has 0 fully saturated rings. The lowest BCUT2D eigenvalue weighted by molar-refractivity contribution is 0.140. The summed E-state index contributed by atoms with van der Waals surface area (Å²) in [6, 6.07) is 2.34. The minimum atomic E-state index is -3.05. The topological polar surface area (TPSA) is 70.8 Å². The lowest BCUT2D eigenvalue weighted by Crippen LogP contribution is -2.18. The van der Waals surface area contributed by atoms with Gasteiger partial charge in [-0.3, -0.25) is 4.57 Å². The van der Waals surface area contributed by atoms with Crippen LogP contribution in [0.15, 0.2) is 12.1 Å². The van der Waals surface area contributed by atoms with E-state index in [1.807, 2.05) is 6.92 Å². The Morgan fingerprint density at radius 3 is 2.68 bits per heavy atom. The van der Waals surface area contributed by atoms with Gasteiger partial charge < -0.3 is 19.7 Å².